The average molecular weight is 252 g/mol. The van der Waals surface area contributed by atoms with Crippen molar-refractivity contribution in [2.75, 3.05) is 0 Å². The van der Waals surface area contributed by atoms with Crippen molar-refractivity contribution < 1.29 is 19.2 Å². The SMILES string of the molecule is O=C(O)[C@H]1CCCC[C@H]1C(=O)NCc1ccno1. The molecule has 1 aliphatic rings. The van der Waals surface area contributed by atoms with Crippen LogP contribution in [0.5, 0.6) is 0 Å². The van der Waals surface area contributed by atoms with Gasteiger partial charge < -0.3 is 14.9 Å². The summed E-state index contributed by atoms with van der Waals surface area (Å²) in [5.41, 5.74) is 0. The molecule has 0 radical (unpaired) electrons. The van der Waals surface area contributed by atoms with Crippen molar-refractivity contribution in [1.29, 1.82) is 0 Å². The van der Waals surface area contributed by atoms with E-state index in [1.54, 1.807) is 6.07 Å². The quantitative estimate of drug-likeness (QED) is 0.839. The highest BCUT2D eigenvalue weighted by Crippen LogP contribution is 2.30. The maximum Gasteiger partial charge on any atom is 0.307 e. The highest BCUT2D eigenvalue weighted by molar-refractivity contribution is 5.84. The van der Waals surface area contributed by atoms with Crippen LogP contribution in [-0.4, -0.2) is 22.1 Å². The molecule has 18 heavy (non-hydrogen) atoms. The van der Waals surface area contributed by atoms with Crippen LogP contribution < -0.4 is 5.32 Å². The lowest BCUT2D eigenvalue weighted by atomic mass is 9.79. The molecule has 1 aromatic rings. The van der Waals surface area contributed by atoms with Crippen molar-refractivity contribution in [3.63, 3.8) is 0 Å². The van der Waals surface area contributed by atoms with Crippen molar-refractivity contribution in [1.82, 2.24) is 10.5 Å². The summed E-state index contributed by atoms with van der Waals surface area (Å²) in [6.45, 7) is 0.252. The van der Waals surface area contributed by atoms with Crippen LogP contribution in [0.1, 0.15) is 31.4 Å². The molecule has 1 fully saturated rings. The number of aromatic nitrogens is 1. The standard InChI is InChI=1S/C12H16N2O4/c15-11(13-7-8-5-6-14-18-8)9-3-1-2-4-10(9)12(16)17/h5-6,9-10H,1-4,7H2,(H,13,15)(H,16,17)/t9-,10+/m1/s1. The second-order valence-electron chi connectivity index (χ2n) is 4.53. The average Bonchev–Trinajstić information content (AvgIpc) is 2.89. The third-order valence-electron chi connectivity index (χ3n) is 3.35. The third-order valence-corrected chi connectivity index (χ3v) is 3.35. The zero-order valence-electron chi connectivity index (χ0n) is 9.96. The molecule has 1 saturated carbocycles. The van der Waals surface area contributed by atoms with Crippen LogP contribution >= 0.6 is 0 Å². The van der Waals surface area contributed by atoms with E-state index in [1.807, 2.05) is 0 Å². The first-order chi connectivity index (χ1) is 8.68. The number of rotatable bonds is 4. The van der Waals surface area contributed by atoms with Gasteiger partial charge in [0.1, 0.15) is 0 Å². The number of hydrogen-bond acceptors (Lipinski definition) is 4. The summed E-state index contributed by atoms with van der Waals surface area (Å²) in [4.78, 5) is 23.1. The van der Waals surface area contributed by atoms with E-state index in [4.69, 9.17) is 9.63 Å². The molecule has 2 N–H and O–H groups in total. The first kappa shape index (κ1) is 12.6. The Bertz CT molecular complexity index is 416. The number of hydrogen-bond donors (Lipinski definition) is 2. The molecule has 1 aromatic heterocycles. The number of carboxylic acids is 1. The van der Waals surface area contributed by atoms with E-state index in [-0.39, 0.29) is 12.5 Å². The summed E-state index contributed by atoms with van der Waals surface area (Å²) in [5.74, 6) is -1.52. The predicted octanol–water partition coefficient (Wildman–Crippen LogP) is 1.18. The van der Waals surface area contributed by atoms with Crippen LogP contribution in [0, 0.1) is 11.8 Å². The minimum atomic E-state index is -0.880. The molecule has 0 aliphatic heterocycles. The monoisotopic (exact) mass is 252 g/mol. The van der Waals surface area contributed by atoms with E-state index >= 15 is 0 Å². The second-order valence-corrected chi connectivity index (χ2v) is 4.53. The Morgan fingerprint density at radius 1 is 1.39 bits per heavy atom. The number of carboxylic acid groups (broad SMARTS) is 1. The Labute approximate surface area is 104 Å². The van der Waals surface area contributed by atoms with Crippen LogP contribution in [0.25, 0.3) is 0 Å². The largest absolute Gasteiger partial charge is 0.481 e. The van der Waals surface area contributed by atoms with E-state index in [1.165, 1.54) is 6.20 Å². The lowest BCUT2D eigenvalue weighted by Crippen LogP contribution is -2.39. The summed E-state index contributed by atoms with van der Waals surface area (Å²) < 4.78 is 4.86. The molecule has 2 atom stereocenters. The summed E-state index contributed by atoms with van der Waals surface area (Å²) >= 11 is 0. The molecule has 6 nitrogen and oxygen atoms in total. The maximum absolute atomic E-state index is 12.0. The van der Waals surface area contributed by atoms with Gasteiger partial charge in [-0.2, -0.15) is 0 Å². The molecule has 0 unspecified atom stereocenters. The zero-order chi connectivity index (χ0) is 13.0. The fourth-order valence-electron chi connectivity index (χ4n) is 2.38. The topological polar surface area (TPSA) is 92.4 Å². The van der Waals surface area contributed by atoms with Crippen LogP contribution in [0.4, 0.5) is 0 Å². The number of carbonyl (C=O) groups excluding carboxylic acids is 1. The Balaban J connectivity index is 1.92. The zero-order valence-corrected chi connectivity index (χ0v) is 9.96. The minimum absolute atomic E-state index is 0.210. The molecule has 1 amide bonds. The minimum Gasteiger partial charge on any atom is -0.481 e. The van der Waals surface area contributed by atoms with Gasteiger partial charge in [-0.3, -0.25) is 9.59 Å². The number of nitrogens with one attached hydrogen (secondary N) is 1. The second kappa shape index (κ2) is 5.66. The first-order valence-electron chi connectivity index (χ1n) is 6.08. The van der Waals surface area contributed by atoms with Gasteiger partial charge in [0.2, 0.25) is 5.91 Å². The highest BCUT2D eigenvalue weighted by Gasteiger charge is 2.35. The molecular formula is C12H16N2O4. The van der Waals surface area contributed by atoms with Crippen molar-refractivity contribution in [3.8, 4) is 0 Å². The Morgan fingerprint density at radius 3 is 2.72 bits per heavy atom. The van der Waals surface area contributed by atoms with Crippen LogP contribution in [0.2, 0.25) is 0 Å². The first-order valence-corrected chi connectivity index (χ1v) is 6.08. The molecule has 0 spiro atoms. The smallest absolute Gasteiger partial charge is 0.307 e. The molecule has 98 valence electrons. The Morgan fingerprint density at radius 2 is 2.11 bits per heavy atom. The van der Waals surface area contributed by atoms with Gasteiger partial charge in [0.05, 0.1) is 24.6 Å². The molecule has 2 rings (SSSR count). The fourth-order valence-corrected chi connectivity index (χ4v) is 2.38. The maximum atomic E-state index is 12.0. The van der Waals surface area contributed by atoms with Crippen LogP contribution in [0.15, 0.2) is 16.8 Å². The summed E-state index contributed by atoms with van der Waals surface area (Å²) in [6, 6.07) is 1.66. The van der Waals surface area contributed by atoms with E-state index < -0.39 is 17.8 Å². The van der Waals surface area contributed by atoms with Gasteiger partial charge in [-0.1, -0.05) is 18.0 Å². The van der Waals surface area contributed by atoms with Crippen LogP contribution in [0.3, 0.4) is 0 Å². The summed E-state index contributed by atoms with van der Waals surface area (Å²) in [5, 5.41) is 15.3. The van der Waals surface area contributed by atoms with Gasteiger partial charge >= 0.3 is 5.97 Å². The lowest BCUT2D eigenvalue weighted by Gasteiger charge is -2.27. The van der Waals surface area contributed by atoms with Crippen LogP contribution in [-0.2, 0) is 16.1 Å². The van der Waals surface area contributed by atoms with Crippen molar-refractivity contribution in [2.45, 2.75) is 32.2 Å². The molecule has 0 bridgehead atoms. The molecule has 1 heterocycles. The van der Waals surface area contributed by atoms with Gasteiger partial charge in [0, 0.05) is 6.07 Å². The Hall–Kier alpha value is -1.85. The van der Waals surface area contributed by atoms with E-state index in [2.05, 4.69) is 10.5 Å². The number of carbonyl (C=O) groups is 2. The molecule has 0 aromatic carbocycles. The summed E-state index contributed by atoms with van der Waals surface area (Å²) in [7, 11) is 0. The van der Waals surface area contributed by atoms with Gasteiger partial charge in [0.15, 0.2) is 5.76 Å². The number of nitrogens with zero attached hydrogens (tertiary/aromatic N) is 1. The van der Waals surface area contributed by atoms with Gasteiger partial charge in [0.25, 0.3) is 0 Å². The normalized spacial score (nSPS) is 23.6. The molecular weight excluding hydrogens is 236 g/mol. The number of amides is 1. The van der Waals surface area contributed by atoms with Gasteiger partial charge in [-0.25, -0.2) is 0 Å². The highest BCUT2D eigenvalue weighted by atomic mass is 16.5. The molecule has 1 aliphatic carbocycles. The third kappa shape index (κ3) is 2.88. The van der Waals surface area contributed by atoms with Gasteiger partial charge in [-0.15, -0.1) is 0 Å². The van der Waals surface area contributed by atoms with E-state index in [9.17, 15) is 9.59 Å². The fraction of sp³-hybridized carbons (Fsp3) is 0.583. The number of aliphatic carboxylic acids is 1. The molecule has 0 saturated heterocycles. The van der Waals surface area contributed by atoms with E-state index in [0.29, 0.717) is 18.6 Å². The lowest BCUT2D eigenvalue weighted by molar-refractivity contribution is -0.149. The van der Waals surface area contributed by atoms with Crippen molar-refractivity contribution in [3.05, 3.63) is 18.0 Å². The Kier molecular flexibility index (Phi) is 3.96. The predicted molar refractivity (Wildman–Crippen MR) is 61.4 cm³/mol. The summed E-state index contributed by atoms with van der Waals surface area (Å²) in [6.07, 6.45) is 4.50. The molecule has 6 heteroatoms. The van der Waals surface area contributed by atoms with E-state index in [0.717, 1.165) is 12.8 Å². The van der Waals surface area contributed by atoms with Crippen molar-refractivity contribution >= 4 is 11.9 Å². The van der Waals surface area contributed by atoms with Gasteiger partial charge in [-0.05, 0) is 12.8 Å². The van der Waals surface area contributed by atoms with Crippen molar-refractivity contribution in [2.24, 2.45) is 11.8 Å².